The molecule has 86 valence electrons. The van der Waals surface area contributed by atoms with Gasteiger partial charge in [-0.2, -0.15) is 0 Å². The zero-order valence-corrected chi connectivity index (χ0v) is 9.96. The smallest absolute Gasteiger partial charge is 0.0947 e. The third-order valence-electron chi connectivity index (χ3n) is 2.53. The van der Waals surface area contributed by atoms with Crippen molar-refractivity contribution in [3.05, 3.63) is 46.0 Å². The van der Waals surface area contributed by atoms with Crippen LogP contribution in [0.15, 0.2) is 34.5 Å². The Morgan fingerprint density at radius 1 is 1.50 bits per heavy atom. The Kier molecular flexibility index (Phi) is 3.77. The third kappa shape index (κ3) is 2.52. The van der Waals surface area contributed by atoms with E-state index in [-0.39, 0.29) is 12.6 Å². The molecule has 2 aromatic rings. The van der Waals surface area contributed by atoms with Crippen LogP contribution in [-0.4, -0.2) is 11.7 Å². The largest absolute Gasteiger partial charge is 0.472 e. The number of thiophene rings is 1. The van der Waals surface area contributed by atoms with Crippen LogP contribution in [0.4, 0.5) is 0 Å². The second-order valence-corrected chi connectivity index (χ2v) is 4.66. The van der Waals surface area contributed by atoms with Gasteiger partial charge in [-0.3, -0.25) is 0 Å². The van der Waals surface area contributed by atoms with Gasteiger partial charge in [-0.25, -0.2) is 0 Å². The van der Waals surface area contributed by atoms with Crippen molar-refractivity contribution in [3.63, 3.8) is 0 Å². The number of hydrogen-bond donors (Lipinski definition) is 2. The molecular weight excluding hydrogens is 222 g/mol. The molecule has 0 bridgehead atoms. The number of rotatable bonds is 5. The zero-order valence-electron chi connectivity index (χ0n) is 9.14. The number of hydrogen-bond acceptors (Lipinski definition) is 4. The van der Waals surface area contributed by atoms with E-state index in [4.69, 9.17) is 4.42 Å². The van der Waals surface area contributed by atoms with E-state index >= 15 is 0 Å². The van der Waals surface area contributed by atoms with Crippen LogP contribution in [0.25, 0.3) is 0 Å². The maximum absolute atomic E-state index is 9.37. The summed E-state index contributed by atoms with van der Waals surface area (Å²) in [6, 6.07) is 4.00. The first kappa shape index (κ1) is 11.4. The predicted molar refractivity (Wildman–Crippen MR) is 64.4 cm³/mol. The van der Waals surface area contributed by atoms with Gasteiger partial charge in [0.1, 0.15) is 0 Å². The molecule has 0 aromatic carbocycles. The molecule has 0 saturated heterocycles. The lowest BCUT2D eigenvalue weighted by Crippen LogP contribution is -2.23. The van der Waals surface area contributed by atoms with Gasteiger partial charge < -0.3 is 14.8 Å². The van der Waals surface area contributed by atoms with Crippen LogP contribution < -0.4 is 5.32 Å². The maximum Gasteiger partial charge on any atom is 0.0947 e. The van der Waals surface area contributed by atoms with Gasteiger partial charge in [-0.05, 0) is 30.0 Å². The van der Waals surface area contributed by atoms with E-state index in [2.05, 4.69) is 18.3 Å². The number of nitrogens with one attached hydrogen (secondary N) is 1. The summed E-state index contributed by atoms with van der Waals surface area (Å²) in [5.41, 5.74) is 2.32. The summed E-state index contributed by atoms with van der Waals surface area (Å²) in [5, 5.41) is 14.7. The van der Waals surface area contributed by atoms with Crippen molar-refractivity contribution < 1.29 is 9.52 Å². The monoisotopic (exact) mass is 237 g/mol. The fourth-order valence-corrected chi connectivity index (χ4v) is 2.61. The standard InChI is InChI=1S/C12H15NO2S/c1-9-3-5-16-12(9)11(7-14)13-6-10-2-4-15-8-10/h2-5,8,11,13-14H,6-7H2,1H3. The van der Waals surface area contributed by atoms with Crippen LogP contribution in [0.1, 0.15) is 22.0 Å². The molecule has 0 aliphatic carbocycles. The molecular formula is C12H15NO2S. The van der Waals surface area contributed by atoms with Crippen LogP contribution in [0, 0.1) is 6.92 Å². The van der Waals surface area contributed by atoms with Gasteiger partial charge in [-0.15, -0.1) is 11.3 Å². The number of furan rings is 1. The Balaban J connectivity index is 1.99. The minimum Gasteiger partial charge on any atom is -0.472 e. The summed E-state index contributed by atoms with van der Waals surface area (Å²) in [7, 11) is 0. The molecule has 2 N–H and O–H groups in total. The zero-order chi connectivity index (χ0) is 11.4. The molecule has 4 heteroatoms. The second-order valence-electron chi connectivity index (χ2n) is 3.72. The molecule has 3 nitrogen and oxygen atoms in total. The lowest BCUT2D eigenvalue weighted by molar-refractivity contribution is 0.245. The maximum atomic E-state index is 9.37. The molecule has 0 fully saturated rings. The lowest BCUT2D eigenvalue weighted by atomic mass is 10.1. The summed E-state index contributed by atoms with van der Waals surface area (Å²) in [4.78, 5) is 1.20. The quantitative estimate of drug-likeness (QED) is 0.839. The second kappa shape index (κ2) is 5.30. The Morgan fingerprint density at radius 2 is 2.38 bits per heavy atom. The Hall–Kier alpha value is -1.10. The van der Waals surface area contributed by atoms with Gasteiger partial charge >= 0.3 is 0 Å². The molecule has 0 amide bonds. The van der Waals surface area contributed by atoms with Crippen LogP contribution in [0.3, 0.4) is 0 Å². The highest BCUT2D eigenvalue weighted by molar-refractivity contribution is 7.10. The van der Waals surface area contributed by atoms with E-state index in [0.717, 1.165) is 5.56 Å². The number of aliphatic hydroxyl groups is 1. The highest BCUT2D eigenvalue weighted by atomic mass is 32.1. The molecule has 2 rings (SSSR count). The van der Waals surface area contributed by atoms with Gasteiger partial charge in [-0.1, -0.05) is 0 Å². The van der Waals surface area contributed by atoms with Crippen molar-refractivity contribution in [2.75, 3.05) is 6.61 Å². The lowest BCUT2D eigenvalue weighted by Gasteiger charge is -2.15. The topological polar surface area (TPSA) is 45.4 Å². The van der Waals surface area contributed by atoms with Crippen LogP contribution >= 0.6 is 11.3 Å². The first-order valence-corrected chi connectivity index (χ1v) is 6.08. The normalized spacial score (nSPS) is 12.9. The molecule has 2 heterocycles. The molecule has 0 saturated carbocycles. The van der Waals surface area contributed by atoms with Gasteiger partial charge in [0, 0.05) is 17.0 Å². The Labute approximate surface area is 98.7 Å². The van der Waals surface area contributed by atoms with Crippen molar-refractivity contribution in [1.29, 1.82) is 0 Å². The molecule has 0 aliphatic rings. The van der Waals surface area contributed by atoms with Crippen molar-refractivity contribution in [2.45, 2.75) is 19.5 Å². The van der Waals surface area contributed by atoms with Crippen molar-refractivity contribution in [2.24, 2.45) is 0 Å². The van der Waals surface area contributed by atoms with Gasteiger partial charge in [0.25, 0.3) is 0 Å². The van der Waals surface area contributed by atoms with Crippen LogP contribution in [0.5, 0.6) is 0 Å². The summed E-state index contributed by atoms with van der Waals surface area (Å²) < 4.78 is 4.99. The average Bonchev–Trinajstić information content (AvgIpc) is 2.92. The molecule has 0 spiro atoms. The third-order valence-corrected chi connectivity index (χ3v) is 3.67. The highest BCUT2D eigenvalue weighted by Gasteiger charge is 2.13. The van der Waals surface area contributed by atoms with E-state index < -0.39 is 0 Å². The SMILES string of the molecule is Cc1ccsc1C(CO)NCc1ccoc1. The first-order chi connectivity index (χ1) is 7.81. The first-order valence-electron chi connectivity index (χ1n) is 5.20. The molecule has 1 unspecified atom stereocenters. The predicted octanol–water partition coefficient (Wildman–Crippen LogP) is 2.47. The van der Waals surface area contributed by atoms with Crippen molar-refractivity contribution in [1.82, 2.24) is 5.32 Å². The Morgan fingerprint density at radius 3 is 2.94 bits per heavy atom. The summed E-state index contributed by atoms with van der Waals surface area (Å²) in [5.74, 6) is 0. The summed E-state index contributed by atoms with van der Waals surface area (Å²) >= 11 is 1.67. The minimum absolute atomic E-state index is 0.00917. The van der Waals surface area contributed by atoms with E-state index in [0.29, 0.717) is 6.54 Å². The van der Waals surface area contributed by atoms with Crippen molar-refractivity contribution >= 4 is 11.3 Å². The van der Waals surface area contributed by atoms with E-state index in [1.807, 2.05) is 11.4 Å². The fourth-order valence-electron chi connectivity index (χ4n) is 1.62. The molecule has 16 heavy (non-hydrogen) atoms. The number of aliphatic hydroxyl groups excluding tert-OH is 1. The van der Waals surface area contributed by atoms with E-state index in [1.54, 1.807) is 23.9 Å². The molecule has 1 atom stereocenters. The molecule has 0 radical (unpaired) electrons. The van der Waals surface area contributed by atoms with Gasteiger partial charge in [0.2, 0.25) is 0 Å². The van der Waals surface area contributed by atoms with Crippen molar-refractivity contribution in [3.8, 4) is 0 Å². The van der Waals surface area contributed by atoms with Gasteiger partial charge in [0.05, 0.1) is 25.2 Å². The highest BCUT2D eigenvalue weighted by Crippen LogP contribution is 2.23. The molecule has 2 aromatic heterocycles. The van der Waals surface area contributed by atoms with Gasteiger partial charge in [0.15, 0.2) is 0 Å². The van der Waals surface area contributed by atoms with Crippen LogP contribution in [-0.2, 0) is 6.54 Å². The summed E-state index contributed by atoms with van der Waals surface area (Å²) in [6.45, 7) is 2.88. The Bertz CT molecular complexity index is 422. The molecule has 0 aliphatic heterocycles. The fraction of sp³-hybridized carbons (Fsp3) is 0.333. The average molecular weight is 237 g/mol. The van der Waals surface area contributed by atoms with Crippen LogP contribution in [0.2, 0.25) is 0 Å². The van der Waals surface area contributed by atoms with E-state index in [1.165, 1.54) is 10.4 Å². The number of aryl methyl sites for hydroxylation is 1. The minimum atomic E-state index is 0.00917. The summed E-state index contributed by atoms with van der Waals surface area (Å²) in [6.07, 6.45) is 3.37. The van der Waals surface area contributed by atoms with E-state index in [9.17, 15) is 5.11 Å².